The maximum Gasteiger partial charge on any atom is 0.274 e. The SMILES string of the molecule is COC[C@@H]1CCN1C(=O)c1nc(NC(C)c2cncc(C)c2)nc2cc(C)sc12. The number of hydrogen-bond acceptors (Lipinski definition) is 7. The Kier molecular flexibility index (Phi) is 5.47. The molecule has 4 heterocycles. The summed E-state index contributed by atoms with van der Waals surface area (Å²) in [4.78, 5) is 29.7. The van der Waals surface area contributed by atoms with E-state index in [0.717, 1.165) is 39.2 Å². The van der Waals surface area contributed by atoms with Gasteiger partial charge in [0.1, 0.15) is 0 Å². The molecule has 1 unspecified atom stereocenters. The lowest BCUT2D eigenvalue weighted by Crippen LogP contribution is -2.53. The third-order valence-electron chi connectivity index (χ3n) is 5.20. The number of hydrogen-bond donors (Lipinski definition) is 1. The Hall–Kier alpha value is -2.58. The van der Waals surface area contributed by atoms with E-state index < -0.39 is 0 Å². The van der Waals surface area contributed by atoms with Gasteiger partial charge in [0, 0.05) is 30.9 Å². The standard InChI is InChI=1S/C21H25N5O2S/c1-12-7-15(10-22-9-12)14(3)23-21-24-17-8-13(2)29-19(17)18(25-21)20(27)26-6-5-16(26)11-28-4/h7-10,14,16H,5-6,11H2,1-4H3,(H,23,24,25)/t14?,16-/m0/s1. The van der Waals surface area contributed by atoms with Crippen LogP contribution in [0.3, 0.4) is 0 Å². The Bertz CT molecular complexity index is 1050. The van der Waals surface area contributed by atoms with E-state index >= 15 is 0 Å². The van der Waals surface area contributed by atoms with Crippen LogP contribution in [-0.4, -0.2) is 52.1 Å². The number of aryl methyl sites for hydroxylation is 2. The topological polar surface area (TPSA) is 80.2 Å². The number of carbonyl (C=O) groups is 1. The lowest BCUT2D eigenvalue weighted by atomic mass is 10.0. The van der Waals surface area contributed by atoms with Crippen LogP contribution >= 0.6 is 11.3 Å². The molecule has 4 rings (SSSR count). The Morgan fingerprint density at radius 1 is 1.34 bits per heavy atom. The Balaban J connectivity index is 1.66. The van der Waals surface area contributed by atoms with E-state index in [9.17, 15) is 4.79 Å². The number of nitrogens with one attached hydrogen (secondary N) is 1. The number of carbonyl (C=O) groups excluding carboxylic acids is 1. The van der Waals surface area contributed by atoms with Crippen molar-refractivity contribution < 1.29 is 9.53 Å². The molecule has 0 bridgehead atoms. The van der Waals surface area contributed by atoms with Crippen LogP contribution in [0.25, 0.3) is 10.2 Å². The molecule has 7 nitrogen and oxygen atoms in total. The number of aromatic nitrogens is 3. The Morgan fingerprint density at radius 2 is 2.17 bits per heavy atom. The lowest BCUT2D eigenvalue weighted by molar-refractivity contribution is 0.0199. The number of nitrogens with zero attached hydrogens (tertiary/aromatic N) is 4. The zero-order valence-corrected chi connectivity index (χ0v) is 17.9. The van der Waals surface area contributed by atoms with Gasteiger partial charge in [-0.05, 0) is 44.4 Å². The Morgan fingerprint density at radius 3 is 2.86 bits per heavy atom. The minimum atomic E-state index is -0.0551. The summed E-state index contributed by atoms with van der Waals surface area (Å²) in [6.45, 7) is 7.35. The van der Waals surface area contributed by atoms with Gasteiger partial charge in [0.05, 0.1) is 28.9 Å². The van der Waals surface area contributed by atoms with Crippen LogP contribution in [0.2, 0.25) is 0 Å². The van der Waals surface area contributed by atoms with Gasteiger partial charge in [-0.3, -0.25) is 9.78 Å². The molecule has 1 aliphatic heterocycles. The van der Waals surface area contributed by atoms with E-state index in [-0.39, 0.29) is 18.0 Å². The molecule has 0 aliphatic carbocycles. The second kappa shape index (κ2) is 8.04. The highest BCUT2D eigenvalue weighted by Gasteiger charge is 2.34. The van der Waals surface area contributed by atoms with Crippen LogP contribution in [0.1, 0.15) is 45.9 Å². The largest absolute Gasteiger partial charge is 0.383 e. The van der Waals surface area contributed by atoms with Gasteiger partial charge < -0.3 is 15.0 Å². The molecule has 2 atom stereocenters. The van der Waals surface area contributed by atoms with Crippen LogP contribution in [0, 0.1) is 13.8 Å². The molecule has 1 aliphatic rings. The van der Waals surface area contributed by atoms with Crippen LogP contribution in [0.15, 0.2) is 24.5 Å². The third kappa shape index (κ3) is 3.95. The van der Waals surface area contributed by atoms with E-state index in [0.29, 0.717) is 18.2 Å². The number of methoxy groups -OCH3 is 1. The van der Waals surface area contributed by atoms with Crippen molar-refractivity contribution in [2.75, 3.05) is 25.6 Å². The fourth-order valence-corrected chi connectivity index (χ4v) is 4.49. The number of pyridine rings is 1. The lowest BCUT2D eigenvalue weighted by Gasteiger charge is -2.40. The zero-order chi connectivity index (χ0) is 20.5. The molecule has 0 spiro atoms. The van der Waals surface area contributed by atoms with E-state index in [4.69, 9.17) is 4.74 Å². The molecule has 29 heavy (non-hydrogen) atoms. The summed E-state index contributed by atoms with van der Waals surface area (Å²) >= 11 is 1.56. The highest BCUT2D eigenvalue weighted by molar-refractivity contribution is 7.19. The van der Waals surface area contributed by atoms with Crippen molar-refractivity contribution in [2.24, 2.45) is 0 Å². The molecule has 0 saturated carbocycles. The average molecular weight is 412 g/mol. The van der Waals surface area contributed by atoms with Crippen LogP contribution in [0.4, 0.5) is 5.95 Å². The van der Waals surface area contributed by atoms with Gasteiger partial charge in [0.25, 0.3) is 5.91 Å². The first-order valence-electron chi connectivity index (χ1n) is 9.72. The molecular formula is C21H25N5O2S. The quantitative estimate of drug-likeness (QED) is 0.666. The van der Waals surface area contributed by atoms with Gasteiger partial charge in [-0.2, -0.15) is 0 Å². The van der Waals surface area contributed by atoms with Gasteiger partial charge in [-0.1, -0.05) is 6.07 Å². The summed E-state index contributed by atoms with van der Waals surface area (Å²) in [5, 5.41) is 3.34. The van der Waals surface area contributed by atoms with Crippen molar-refractivity contribution in [1.82, 2.24) is 19.9 Å². The zero-order valence-electron chi connectivity index (χ0n) is 17.1. The van der Waals surface area contributed by atoms with Crippen molar-refractivity contribution in [3.63, 3.8) is 0 Å². The maximum atomic E-state index is 13.2. The fraction of sp³-hybridized carbons (Fsp3) is 0.429. The van der Waals surface area contributed by atoms with Crippen molar-refractivity contribution in [3.05, 3.63) is 46.2 Å². The summed E-state index contributed by atoms with van der Waals surface area (Å²) in [5.41, 5.74) is 3.41. The van der Waals surface area contributed by atoms with Crippen molar-refractivity contribution >= 4 is 33.4 Å². The normalized spacial score (nSPS) is 17.2. The predicted octanol–water partition coefficient (Wildman–Crippen LogP) is 3.74. The summed E-state index contributed by atoms with van der Waals surface area (Å²) in [7, 11) is 1.66. The second-order valence-electron chi connectivity index (χ2n) is 7.53. The number of ether oxygens (including phenoxy) is 1. The van der Waals surface area contributed by atoms with Crippen molar-refractivity contribution in [2.45, 2.75) is 39.3 Å². The summed E-state index contributed by atoms with van der Waals surface area (Å²) in [5.74, 6) is 0.400. The minimum absolute atomic E-state index is 0.0345. The summed E-state index contributed by atoms with van der Waals surface area (Å²) in [6, 6.07) is 4.17. The van der Waals surface area contributed by atoms with Crippen LogP contribution in [0.5, 0.6) is 0 Å². The van der Waals surface area contributed by atoms with Crippen LogP contribution in [-0.2, 0) is 4.74 Å². The Labute approximate surface area is 174 Å². The number of amides is 1. The fourth-order valence-electron chi connectivity index (χ4n) is 3.56. The van der Waals surface area contributed by atoms with Gasteiger partial charge in [-0.15, -0.1) is 11.3 Å². The maximum absolute atomic E-state index is 13.2. The molecule has 152 valence electrons. The van der Waals surface area contributed by atoms with E-state index in [1.165, 1.54) is 0 Å². The number of rotatable bonds is 6. The average Bonchev–Trinajstić information content (AvgIpc) is 3.04. The number of anilines is 1. The summed E-state index contributed by atoms with van der Waals surface area (Å²) in [6.07, 6.45) is 4.62. The number of likely N-dealkylation sites (tertiary alicyclic amines) is 1. The first-order valence-corrected chi connectivity index (χ1v) is 10.5. The molecule has 8 heteroatoms. The van der Waals surface area contributed by atoms with Gasteiger partial charge >= 0.3 is 0 Å². The first kappa shape index (κ1) is 19.7. The molecule has 1 N–H and O–H groups in total. The number of thiophene rings is 1. The number of fused-ring (bicyclic) bond motifs is 1. The van der Waals surface area contributed by atoms with Crippen molar-refractivity contribution in [1.29, 1.82) is 0 Å². The van der Waals surface area contributed by atoms with Crippen molar-refractivity contribution in [3.8, 4) is 0 Å². The van der Waals surface area contributed by atoms with Gasteiger partial charge in [-0.25, -0.2) is 9.97 Å². The molecule has 3 aromatic rings. The molecule has 0 radical (unpaired) electrons. The highest BCUT2D eigenvalue weighted by Crippen LogP contribution is 2.31. The van der Waals surface area contributed by atoms with E-state index in [1.54, 1.807) is 18.4 Å². The molecule has 0 aromatic carbocycles. The monoisotopic (exact) mass is 411 g/mol. The van der Waals surface area contributed by atoms with Crippen LogP contribution < -0.4 is 5.32 Å². The smallest absolute Gasteiger partial charge is 0.274 e. The van der Waals surface area contributed by atoms with Gasteiger partial charge in [0.15, 0.2) is 5.69 Å². The van der Waals surface area contributed by atoms with E-state index in [2.05, 4.69) is 26.3 Å². The molecule has 1 saturated heterocycles. The molecular weight excluding hydrogens is 386 g/mol. The molecule has 3 aromatic heterocycles. The molecule has 1 fully saturated rings. The predicted molar refractivity (Wildman–Crippen MR) is 114 cm³/mol. The highest BCUT2D eigenvalue weighted by atomic mass is 32.1. The second-order valence-corrected chi connectivity index (χ2v) is 8.78. The first-order chi connectivity index (χ1) is 14.0. The van der Waals surface area contributed by atoms with Gasteiger partial charge in [0.2, 0.25) is 5.95 Å². The minimum Gasteiger partial charge on any atom is -0.383 e. The summed E-state index contributed by atoms with van der Waals surface area (Å²) < 4.78 is 6.09. The van der Waals surface area contributed by atoms with E-state index in [1.807, 2.05) is 44.1 Å². The third-order valence-corrected chi connectivity index (χ3v) is 6.25. The molecule has 1 amide bonds.